The lowest BCUT2D eigenvalue weighted by Gasteiger charge is -2.09. The van der Waals surface area contributed by atoms with E-state index < -0.39 is 0 Å². The molecule has 4 heteroatoms. The van der Waals surface area contributed by atoms with E-state index in [1.54, 1.807) is 0 Å². The number of halogens is 1. The number of hydrogen-bond acceptors (Lipinski definition) is 3. The molecule has 0 radical (unpaired) electrons. The summed E-state index contributed by atoms with van der Waals surface area (Å²) in [5, 5.41) is 0. The van der Waals surface area contributed by atoms with Gasteiger partial charge in [0, 0.05) is 17.4 Å². The zero-order chi connectivity index (χ0) is 14.5. The van der Waals surface area contributed by atoms with Crippen molar-refractivity contribution in [2.45, 2.75) is 26.7 Å². The monoisotopic (exact) mass is 337 g/mol. The highest BCUT2D eigenvalue weighted by Gasteiger charge is 2.25. The Balaban J connectivity index is 1.82. The zero-order valence-corrected chi connectivity index (χ0v) is 13.5. The van der Waals surface area contributed by atoms with Crippen LogP contribution in [-0.4, -0.2) is 24.8 Å². The molecule has 0 saturated carbocycles. The van der Waals surface area contributed by atoms with E-state index >= 15 is 0 Å². The van der Waals surface area contributed by atoms with Crippen molar-refractivity contribution >= 4 is 27.6 Å². The summed E-state index contributed by atoms with van der Waals surface area (Å²) in [6, 6.07) is 8.31. The second-order valence-electron chi connectivity index (χ2n) is 5.68. The fraction of sp³-hybridized carbons (Fsp3) is 0.500. The Morgan fingerprint density at radius 1 is 1.40 bits per heavy atom. The van der Waals surface area contributed by atoms with E-state index in [-0.39, 0.29) is 5.97 Å². The lowest BCUT2D eigenvalue weighted by atomic mass is 9.96. The third-order valence-electron chi connectivity index (χ3n) is 3.24. The van der Waals surface area contributed by atoms with Crippen LogP contribution in [0.4, 0.5) is 0 Å². The summed E-state index contributed by atoms with van der Waals surface area (Å²) in [7, 11) is 0. The van der Waals surface area contributed by atoms with E-state index in [1.165, 1.54) is 5.56 Å². The molecule has 0 spiro atoms. The van der Waals surface area contributed by atoms with Crippen LogP contribution in [0.5, 0.6) is 0 Å². The zero-order valence-electron chi connectivity index (χ0n) is 11.9. The summed E-state index contributed by atoms with van der Waals surface area (Å²) in [4.78, 5) is 16.2. The Hall–Kier alpha value is -1.16. The van der Waals surface area contributed by atoms with Gasteiger partial charge in [0.1, 0.15) is 5.71 Å². The highest BCUT2D eigenvalue weighted by molar-refractivity contribution is 9.10. The van der Waals surface area contributed by atoms with Gasteiger partial charge in [0.05, 0.1) is 6.61 Å². The molecule has 0 fully saturated rings. The second kappa shape index (κ2) is 7.02. The molecule has 0 saturated heterocycles. The molecule has 1 aromatic carbocycles. The first-order valence-electron chi connectivity index (χ1n) is 6.99. The van der Waals surface area contributed by atoms with Gasteiger partial charge in [-0.2, -0.15) is 0 Å². The molecule has 1 aliphatic rings. The quantitative estimate of drug-likeness (QED) is 0.769. The molecule has 3 nitrogen and oxygen atoms in total. The summed E-state index contributed by atoms with van der Waals surface area (Å²) in [6.45, 7) is 5.25. The molecule has 2 rings (SSSR count). The Kier molecular flexibility index (Phi) is 5.35. The smallest absolute Gasteiger partial charge is 0.352 e. The van der Waals surface area contributed by atoms with Crippen molar-refractivity contribution in [1.29, 1.82) is 0 Å². The number of esters is 1. The minimum atomic E-state index is -0.239. The number of ether oxygens (including phenoxy) is 1. The predicted molar refractivity (Wildman–Crippen MR) is 84.1 cm³/mol. The summed E-state index contributed by atoms with van der Waals surface area (Å²) in [5.74, 6) is 0.536. The van der Waals surface area contributed by atoms with Gasteiger partial charge in [-0.3, -0.25) is 4.99 Å². The van der Waals surface area contributed by atoms with E-state index in [2.05, 4.69) is 33.1 Å². The third kappa shape index (κ3) is 4.44. The first-order chi connectivity index (χ1) is 9.54. The van der Waals surface area contributed by atoms with E-state index in [4.69, 9.17) is 4.74 Å². The average Bonchev–Trinajstić information content (AvgIpc) is 2.87. The van der Waals surface area contributed by atoms with Crippen molar-refractivity contribution in [3.8, 4) is 0 Å². The average molecular weight is 338 g/mol. The first kappa shape index (κ1) is 15.2. The van der Waals surface area contributed by atoms with Crippen LogP contribution in [-0.2, 0) is 16.0 Å². The lowest BCUT2D eigenvalue weighted by Crippen LogP contribution is -2.19. The molecule has 0 bridgehead atoms. The van der Waals surface area contributed by atoms with Crippen LogP contribution >= 0.6 is 15.9 Å². The Morgan fingerprint density at radius 2 is 2.10 bits per heavy atom. The minimum Gasteiger partial charge on any atom is -0.461 e. The number of nitrogens with zero attached hydrogens (tertiary/aromatic N) is 1. The van der Waals surface area contributed by atoms with Gasteiger partial charge >= 0.3 is 5.97 Å². The lowest BCUT2D eigenvalue weighted by molar-refractivity contribution is -0.136. The number of aliphatic imine (C=N–C) groups is 1. The predicted octanol–water partition coefficient (Wildman–Crippen LogP) is 3.65. The van der Waals surface area contributed by atoms with Crippen molar-refractivity contribution < 1.29 is 9.53 Å². The number of hydrogen-bond donors (Lipinski definition) is 0. The normalized spacial score (nSPS) is 18.2. The van der Waals surface area contributed by atoms with Gasteiger partial charge < -0.3 is 4.74 Å². The van der Waals surface area contributed by atoms with Crippen molar-refractivity contribution in [3.63, 3.8) is 0 Å². The van der Waals surface area contributed by atoms with Gasteiger partial charge in [-0.1, -0.05) is 41.9 Å². The summed E-state index contributed by atoms with van der Waals surface area (Å²) in [6.07, 6.45) is 1.69. The fourth-order valence-electron chi connectivity index (χ4n) is 2.21. The Morgan fingerprint density at radius 3 is 2.75 bits per heavy atom. The molecule has 1 aromatic rings. The molecule has 108 valence electrons. The first-order valence-corrected chi connectivity index (χ1v) is 7.78. The van der Waals surface area contributed by atoms with Gasteiger partial charge in [-0.25, -0.2) is 4.79 Å². The SMILES string of the molecule is CC(C)COC(=O)C1=NC[C@H](Cc2ccc(Br)cc2)C1. The molecule has 0 aliphatic carbocycles. The van der Waals surface area contributed by atoms with E-state index in [0.717, 1.165) is 23.9 Å². The molecule has 0 N–H and O–H groups in total. The Bertz CT molecular complexity index is 494. The van der Waals surface area contributed by atoms with Gasteiger partial charge in [0.25, 0.3) is 0 Å². The highest BCUT2D eigenvalue weighted by atomic mass is 79.9. The topological polar surface area (TPSA) is 38.7 Å². The van der Waals surface area contributed by atoms with Crippen LogP contribution < -0.4 is 0 Å². The maximum Gasteiger partial charge on any atom is 0.352 e. The molecule has 1 heterocycles. The molecule has 1 aliphatic heterocycles. The van der Waals surface area contributed by atoms with Crippen LogP contribution in [0, 0.1) is 11.8 Å². The van der Waals surface area contributed by atoms with Crippen LogP contribution in [0.1, 0.15) is 25.8 Å². The van der Waals surface area contributed by atoms with Crippen LogP contribution in [0.3, 0.4) is 0 Å². The third-order valence-corrected chi connectivity index (χ3v) is 3.77. The fourth-order valence-corrected chi connectivity index (χ4v) is 2.47. The van der Waals surface area contributed by atoms with Gasteiger partial charge in [0.2, 0.25) is 0 Å². The second-order valence-corrected chi connectivity index (χ2v) is 6.60. The number of carbonyl (C=O) groups is 1. The largest absolute Gasteiger partial charge is 0.461 e. The summed E-state index contributed by atoms with van der Waals surface area (Å²) < 4.78 is 6.31. The number of carbonyl (C=O) groups excluding carboxylic acids is 1. The molecule has 0 amide bonds. The summed E-state index contributed by atoms with van der Waals surface area (Å²) in [5.41, 5.74) is 1.89. The molecular weight excluding hydrogens is 318 g/mol. The number of benzene rings is 1. The van der Waals surface area contributed by atoms with Gasteiger partial charge in [-0.05, 0) is 36.0 Å². The minimum absolute atomic E-state index is 0.239. The standard InChI is InChI=1S/C16H20BrNO2/c1-11(2)10-20-16(19)15-8-13(9-18-15)7-12-3-5-14(17)6-4-12/h3-6,11,13H,7-10H2,1-2H3/t13-/m1/s1. The molecule has 20 heavy (non-hydrogen) atoms. The van der Waals surface area contributed by atoms with Crippen molar-refractivity contribution in [1.82, 2.24) is 0 Å². The van der Waals surface area contributed by atoms with Crippen LogP contribution in [0.25, 0.3) is 0 Å². The van der Waals surface area contributed by atoms with Gasteiger partial charge in [0.15, 0.2) is 0 Å². The molecular formula is C16H20BrNO2. The maximum atomic E-state index is 11.8. The molecule has 0 unspecified atom stereocenters. The van der Waals surface area contributed by atoms with E-state index in [1.807, 2.05) is 26.0 Å². The van der Waals surface area contributed by atoms with Crippen LogP contribution in [0.15, 0.2) is 33.7 Å². The van der Waals surface area contributed by atoms with Crippen molar-refractivity contribution in [3.05, 3.63) is 34.3 Å². The Labute approximate surface area is 128 Å². The van der Waals surface area contributed by atoms with E-state index in [0.29, 0.717) is 24.2 Å². The van der Waals surface area contributed by atoms with Crippen molar-refractivity contribution in [2.24, 2.45) is 16.8 Å². The van der Waals surface area contributed by atoms with Crippen LogP contribution in [0.2, 0.25) is 0 Å². The molecule has 1 atom stereocenters. The van der Waals surface area contributed by atoms with Crippen molar-refractivity contribution in [2.75, 3.05) is 13.2 Å². The maximum absolute atomic E-state index is 11.8. The van der Waals surface area contributed by atoms with Gasteiger partial charge in [-0.15, -0.1) is 0 Å². The number of rotatable bonds is 5. The highest BCUT2D eigenvalue weighted by Crippen LogP contribution is 2.21. The summed E-state index contributed by atoms with van der Waals surface area (Å²) >= 11 is 3.43. The van der Waals surface area contributed by atoms with E-state index in [9.17, 15) is 4.79 Å². The molecule has 0 aromatic heterocycles.